The highest BCUT2D eigenvalue weighted by Gasteiger charge is 2.22. The number of hydrogen-bond donors (Lipinski definition) is 1. The standard InChI is InChI=1S/C25H35N3O4S/c1-3-21-10-7-8-18-27(21)19-9-17-26-25(29)20-28(33(2,30)31)22-13-15-24(16-14-22)32-23-11-5-4-6-12-23/h4-6,11-16,21H,3,7-10,17-20H2,1-2H3,(H,26,29). The third kappa shape index (κ3) is 7.75. The average molecular weight is 474 g/mol. The fourth-order valence-electron chi connectivity index (χ4n) is 4.22. The molecule has 1 N–H and O–H groups in total. The van der Waals surface area contributed by atoms with E-state index in [9.17, 15) is 13.2 Å². The Morgan fingerprint density at radius 2 is 1.79 bits per heavy atom. The summed E-state index contributed by atoms with van der Waals surface area (Å²) < 4.78 is 31.6. The van der Waals surface area contributed by atoms with E-state index in [1.54, 1.807) is 24.3 Å². The van der Waals surface area contributed by atoms with Gasteiger partial charge in [0, 0.05) is 19.1 Å². The zero-order valence-corrected chi connectivity index (χ0v) is 20.4. The highest BCUT2D eigenvalue weighted by atomic mass is 32.2. The van der Waals surface area contributed by atoms with Crippen LogP contribution in [0.3, 0.4) is 0 Å². The number of nitrogens with one attached hydrogen (secondary N) is 1. The Hall–Kier alpha value is -2.58. The number of para-hydroxylation sites is 1. The lowest BCUT2D eigenvalue weighted by atomic mass is 10.00. The second kappa shape index (κ2) is 12.0. The minimum atomic E-state index is -3.62. The Bertz CT molecular complexity index is 980. The van der Waals surface area contributed by atoms with Crippen molar-refractivity contribution in [3.05, 3.63) is 54.6 Å². The van der Waals surface area contributed by atoms with Crippen molar-refractivity contribution in [2.24, 2.45) is 0 Å². The number of carbonyl (C=O) groups excluding carboxylic acids is 1. The molecule has 1 saturated heterocycles. The fourth-order valence-corrected chi connectivity index (χ4v) is 5.07. The minimum absolute atomic E-state index is 0.251. The maximum Gasteiger partial charge on any atom is 0.240 e. The maximum atomic E-state index is 12.5. The van der Waals surface area contributed by atoms with Gasteiger partial charge >= 0.3 is 0 Å². The normalized spacial score (nSPS) is 16.8. The largest absolute Gasteiger partial charge is 0.457 e. The van der Waals surface area contributed by atoms with Crippen LogP contribution < -0.4 is 14.4 Å². The zero-order chi connectivity index (χ0) is 23.7. The van der Waals surface area contributed by atoms with Gasteiger partial charge in [0.2, 0.25) is 15.9 Å². The molecule has 2 aromatic rings. The van der Waals surface area contributed by atoms with Gasteiger partial charge in [-0.05, 0) is 68.6 Å². The maximum absolute atomic E-state index is 12.5. The Morgan fingerprint density at radius 1 is 1.09 bits per heavy atom. The van der Waals surface area contributed by atoms with E-state index in [1.165, 1.54) is 19.3 Å². The summed E-state index contributed by atoms with van der Waals surface area (Å²) in [7, 11) is -3.62. The van der Waals surface area contributed by atoms with Crippen LogP contribution in [-0.2, 0) is 14.8 Å². The molecule has 33 heavy (non-hydrogen) atoms. The molecule has 0 aromatic heterocycles. The summed E-state index contributed by atoms with van der Waals surface area (Å²) in [4.78, 5) is 15.0. The second-order valence-corrected chi connectivity index (χ2v) is 10.4. The van der Waals surface area contributed by atoms with Gasteiger partial charge in [-0.3, -0.25) is 9.10 Å². The number of hydrogen-bond acceptors (Lipinski definition) is 5. The van der Waals surface area contributed by atoms with Crippen LogP contribution in [0.25, 0.3) is 0 Å². The lowest BCUT2D eigenvalue weighted by Crippen LogP contribution is -2.42. The van der Waals surface area contributed by atoms with Crippen molar-refractivity contribution in [3.8, 4) is 11.5 Å². The molecule has 0 radical (unpaired) electrons. The van der Waals surface area contributed by atoms with E-state index in [0.29, 0.717) is 29.8 Å². The van der Waals surface area contributed by atoms with Crippen LogP contribution in [0.2, 0.25) is 0 Å². The third-order valence-corrected chi connectivity index (χ3v) is 7.10. The van der Waals surface area contributed by atoms with Gasteiger partial charge in [-0.15, -0.1) is 0 Å². The van der Waals surface area contributed by atoms with E-state index in [1.807, 2.05) is 30.3 Å². The third-order valence-electron chi connectivity index (χ3n) is 5.96. The fraction of sp³-hybridized carbons (Fsp3) is 0.480. The number of anilines is 1. The molecule has 1 atom stereocenters. The summed E-state index contributed by atoms with van der Waals surface area (Å²) in [5.74, 6) is 0.973. The molecule has 1 heterocycles. The number of sulfonamides is 1. The molecule has 1 fully saturated rings. The van der Waals surface area contributed by atoms with Crippen molar-refractivity contribution >= 4 is 21.6 Å². The quantitative estimate of drug-likeness (QED) is 0.499. The molecule has 1 aliphatic heterocycles. The highest BCUT2D eigenvalue weighted by Crippen LogP contribution is 2.25. The van der Waals surface area contributed by atoms with Crippen LogP contribution >= 0.6 is 0 Å². The van der Waals surface area contributed by atoms with Crippen LogP contribution in [0.5, 0.6) is 11.5 Å². The molecule has 2 aromatic carbocycles. The summed E-state index contributed by atoms with van der Waals surface area (Å²) in [6.07, 6.45) is 6.91. The van der Waals surface area contributed by atoms with Crippen LogP contribution in [0.1, 0.15) is 39.0 Å². The van der Waals surface area contributed by atoms with Crippen molar-refractivity contribution in [3.63, 3.8) is 0 Å². The SMILES string of the molecule is CCC1CCCCN1CCCNC(=O)CN(c1ccc(Oc2ccccc2)cc1)S(C)(=O)=O. The molecule has 0 aliphatic carbocycles. The van der Waals surface area contributed by atoms with Crippen molar-refractivity contribution in [1.29, 1.82) is 0 Å². The Labute approximate surface area is 197 Å². The number of ether oxygens (including phenoxy) is 1. The molecule has 0 spiro atoms. The van der Waals surface area contributed by atoms with Crippen LogP contribution in [0.15, 0.2) is 54.6 Å². The molecule has 8 heteroatoms. The van der Waals surface area contributed by atoms with Crippen LogP contribution in [0, 0.1) is 0 Å². The molecule has 1 unspecified atom stereocenters. The van der Waals surface area contributed by atoms with E-state index < -0.39 is 10.0 Å². The summed E-state index contributed by atoms with van der Waals surface area (Å²) in [5, 5.41) is 2.88. The number of rotatable bonds is 11. The summed E-state index contributed by atoms with van der Waals surface area (Å²) in [6.45, 7) is 4.59. The predicted molar refractivity (Wildman–Crippen MR) is 132 cm³/mol. The lowest BCUT2D eigenvalue weighted by molar-refractivity contribution is -0.119. The number of benzene rings is 2. The van der Waals surface area contributed by atoms with Gasteiger partial charge < -0.3 is 15.0 Å². The summed E-state index contributed by atoms with van der Waals surface area (Å²) in [6, 6.07) is 16.7. The molecule has 1 aliphatic rings. The topological polar surface area (TPSA) is 79.0 Å². The molecule has 1 amide bonds. The van der Waals surface area contributed by atoms with Gasteiger partial charge in [-0.2, -0.15) is 0 Å². The van der Waals surface area contributed by atoms with Crippen LogP contribution in [0.4, 0.5) is 5.69 Å². The molecule has 3 rings (SSSR count). The van der Waals surface area contributed by atoms with E-state index in [2.05, 4.69) is 17.1 Å². The van der Waals surface area contributed by atoms with Crippen molar-refractivity contribution in [2.75, 3.05) is 36.7 Å². The minimum Gasteiger partial charge on any atom is -0.457 e. The average Bonchev–Trinajstić information content (AvgIpc) is 2.81. The molecule has 7 nitrogen and oxygen atoms in total. The number of carbonyl (C=O) groups is 1. The molecule has 0 bridgehead atoms. The molecule has 0 saturated carbocycles. The lowest BCUT2D eigenvalue weighted by Gasteiger charge is -2.35. The van der Waals surface area contributed by atoms with Crippen molar-refractivity contribution in [1.82, 2.24) is 10.2 Å². The zero-order valence-electron chi connectivity index (χ0n) is 19.6. The van der Waals surface area contributed by atoms with Crippen molar-refractivity contribution in [2.45, 2.75) is 45.1 Å². The Balaban J connectivity index is 1.52. The number of amides is 1. The van der Waals surface area contributed by atoms with Gasteiger partial charge in [0.05, 0.1) is 11.9 Å². The van der Waals surface area contributed by atoms with Gasteiger partial charge in [0.1, 0.15) is 18.0 Å². The van der Waals surface area contributed by atoms with E-state index in [4.69, 9.17) is 4.74 Å². The van der Waals surface area contributed by atoms with Crippen molar-refractivity contribution < 1.29 is 17.9 Å². The second-order valence-electron chi connectivity index (χ2n) is 8.48. The monoisotopic (exact) mass is 473 g/mol. The summed E-state index contributed by atoms with van der Waals surface area (Å²) >= 11 is 0. The first kappa shape index (κ1) is 25.1. The van der Waals surface area contributed by atoms with Gasteiger partial charge in [-0.25, -0.2) is 8.42 Å². The first-order chi connectivity index (χ1) is 15.9. The first-order valence-corrected chi connectivity index (χ1v) is 13.5. The van der Waals surface area contributed by atoms with Gasteiger partial charge in [0.15, 0.2) is 0 Å². The number of piperidine rings is 1. The Morgan fingerprint density at radius 3 is 2.45 bits per heavy atom. The smallest absolute Gasteiger partial charge is 0.240 e. The molecule has 180 valence electrons. The van der Waals surface area contributed by atoms with Gasteiger partial charge in [-0.1, -0.05) is 31.5 Å². The van der Waals surface area contributed by atoms with E-state index in [0.717, 1.165) is 36.5 Å². The van der Waals surface area contributed by atoms with Crippen LogP contribution in [-0.4, -0.2) is 57.7 Å². The first-order valence-electron chi connectivity index (χ1n) is 11.7. The number of nitrogens with zero attached hydrogens (tertiary/aromatic N) is 2. The van der Waals surface area contributed by atoms with Gasteiger partial charge in [0.25, 0.3) is 0 Å². The molecular formula is C25H35N3O4S. The van der Waals surface area contributed by atoms with E-state index in [-0.39, 0.29) is 12.5 Å². The number of likely N-dealkylation sites (tertiary alicyclic amines) is 1. The highest BCUT2D eigenvalue weighted by molar-refractivity contribution is 7.92. The van der Waals surface area contributed by atoms with E-state index >= 15 is 0 Å². The predicted octanol–water partition coefficient (Wildman–Crippen LogP) is 4.02. The Kier molecular flexibility index (Phi) is 9.14. The summed E-state index contributed by atoms with van der Waals surface area (Å²) in [5.41, 5.74) is 0.423. The molecular weight excluding hydrogens is 438 g/mol.